The van der Waals surface area contributed by atoms with Gasteiger partial charge in [-0.3, -0.25) is 9.59 Å². The summed E-state index contributed by atoms with van der Waals surface area (Å²) in [7, 11) is 1.60. The number of para-hydroxylation sites is 1. The van der Waals surface area contributed by atoms with E-state index in [1.807, 2.05) is 34.5 Å². The van der Waals surface area contributed by atoms with E-state index < -0.39 is 0 Å². The molecule has 1 fully saturated rings. The number of H-pyrrole nitrogens is 1. The molecule has 0 unspecified atom stereocenters. The van der Waals surface area contributed by atoms with Crippen molar-refractivity contribution in [3.63, 3.8) is 0 Å². The Morgan fingerprint density at radius 3 is 2.80 bits per heavy atom. The van der Waals surface area contributed by atoms with Crippen molar-refractivity contribution in [1.29, 1.82) is 0 Å². The number of carbonyl (C=O) groups is 2. The van der Waals surface area contributed by atoms with E-state index in [-0.39, 0.29) is 17.7 Å². The third kappa shape index (κ3) is 5.02. The highest BCUT2D eigenvalue weighted by Gasteiger charge is 2.28. The zero-order chi connectivity index (χ0) is 24.2. The number of nitrogens with zero attached hydrogens (tertiary/aromatic N) is 4. The van der Waals surface area contributed by atoms with Crippen LogP contribution in [0.1, 0.15) is 50.4 Å². The number of fused-ring (bicyclic) bond motifs is 1. The minimum atomic E-state index is -0.170. The quantitative estimate of drug-likeness (QED) is 0.410. The number of hydrogen-bond donors (Lipinski definition) is 2. The van der Waals surface area contributed by atoms with E-state index in [1.54, 1.807) is 25.7 Å². The van der Waals surface area contributed by atoms with Gasteiger partial charge in [0.2, 0.25) is 0 Å². The number of carbonyl (C=O) groups excluding carboxylic acids is 2. The lowest BCUT2D eigenvalue weighted by atomic mass is 9.97. The van der Waals surface area contributed by atoms with Crippen LogP contribution in [0.5, 0.6) is 5.75 Å². The minimum absolute atomic E-state index is 0.0935. The number of methoxy groups -OCH3 is 1. The van der Waals surface area contributed by atoms with Gasteiger partial charge in [0.15, 0.2) is 0 Å². The normalized spacial score (nSPS) is 14.3. The van der Waals surface area contributed by atoms with E-state index in [1.165, 1.54) is 11.3 Å². The van der Waals surface area contributed by atoms with Crippen molar-refractivity contribution in [3.8, 4) is 5.75 Å². The highest BCUT2D eigenvalue weighted by molar-refractivity contribution is 7.09. The van der Waals surface area contributed by atoms with E-state index >= 15 is 0 Å². The van der Waals surface area contributed by atoms with Crippen LogP contribution < -0.4 is 10.1 Å². The molecule has 1 aliphatic heterocycles. The molecule has 1 saturated heterocycles. The number of aromatic nitrogens is 4. The van der Waals surface area contributed by atoms with Crippen molar-refractivity contribution in [1.82, 2.24) is 30.2 Å². The lowest BCUT2D eigenvalue weighted by Crippen LogP contribution is -2.38. The Bertz CT molecular complexity index is 1330. The summed E-state index contributed by atoms with van der Waals surface area (Å²) in [5.41, 5.74) is 2.55. The lowest BCUT2D eigenvalue weighted by Gasteiger charge is -2.31. The average molecular weight is 491 g/mol. The van der Waals surface area contributed by atoms with E-state index in [0.717, 1.165) is 34.4 Å². The van der Waals surface area contributed by atoms with Crippen LogP contribution in [-0.4, -0.2) is 63.4 Å². The number of aromatic amines is 1. The number of thiazole rings is 1. The van der Waals surface area contributed by atoms with Crippen LogP contribution in [0.3, 0.4) is 0 Å². The van der Waals surface area contributed by atoms with Crippen molar-refractivity contribution >= 4 is 34.1 Å². The number of piperidine rings is 1. The number of pyridine rings is 1. The third-order valence-corrected chi connectivity index (χ3v) is 7.25. The molecule has 0 spiro atoms. The van der Waals surface area contributed by atoms with Crippen molar-refractivity contribution in [2.75, 3.05) is 26.7 Å². The molecular formula is C25H26N6O3S. The van der Waals surface area contributed by atoms with E-state index in [0.29, 0.717) is 43.2 Å². The van der Waals surface area contributed by atoms with Crippen LogP contribution in [0.15, 0.2) is 48.2 Å². The van der Waals surface area contributed by atoms with Crippen LogP contribution in [0.4, 0.5) is 0 Å². The topological polar surface area (TPSA) is 113 Å². The molecule has 1 aliphatic rings. The molecule has 1 aromatic carbocycles. The molecule has 4 aromatic rings. The molecule has 0 saturated carbocycles. The number of likely N-dealkylation sites (tertiary alicyclic amines) is 1. The van der Waals surface area contributed by atoms with Gasteiger partial charge in [-0.05, 0) is 25.0 Å². The summed E-state index contributed by atoms with van der Waals surface area (Å²) < 4.78 is 5.49. The van der Waals surface area contributed by atoms with Crippen molar-refractivity contribution in [3.05, 3.63) is 70.3 Å². The summed E-state index contributed by atoms with van der Waals surface area (Å²) in [5, 5.41) is 6.54. The second-order valence-electron chi connectivity index (χ2n) is 8.45. The fourth-order valence-electron chi connectivity index (χ4n) is 4.32. The van der Waals surface area contributed by atoms with Crippen LogP contribution in [0.2, 0.25) is 0 Å². The third-order valence-electron chi connectivity index (χ3n) is 6.24. The van der Waals surface area contributed by atoms with E-state index in [4.69, 9.17) is 4.74 Å². The van der Waals surface area contributed by atoms with Crippen molar-refractivity contribution < 1.29 is 14.3 Å². The summed E-state index contributed by atoms with van der Waals surface area (Å²) >= 11 is 1.51. The van der Waals surface area contributed by atoms with Gasteiger partial charge in [-0.25, -0.2) is 15.0 Å². The first-order chi connectivity index (χ1) is 17.1. The zero-order valence-corrected chi connectivity index (χ0v) is 20.2. The van der Waals surface area contributed by atoms with E-state index in [2.05, 4.69) is 25.3 Å². The van der Waals surface area contributed by atoms with Gasteiger partial charge in [0, 0.05) is 60.7 Å². The van der Waals surface area contributed by atoms with Gasteiger partial charge >= 0.3 is 0 Å². The SMILES string of the molecule is COc1cc(C(=O)N2CCC(c3nc(C(=O)NCCc4cnc[nH]4)cs3)CC2)nc2ccccc12. The molecule has 10 heteroatoms. The molecule has 0 radical (unpaired) electrons. The highest BCUT2D eigenvalue weighted by Crippen LogP contribution is 2.31. The maximum Gasteiger partial charge on any atom is 0.272 e. The molecule has 180 valence electrons. The highest BCUT2D eigenvalue weighted by atomic mass is 32.1. The number of rotatable bonds is 7. The summed E-state index contributed by atoms with van der Waals surface area (Å²) in [6.07, 6.45) is 5.65. The molecule has 4 heterocycles. The lowest BCUT2D eigenvalue weighted by molar-refractivity contribution is 0.0707. The molecule has 3 aromatic heterocycles. The molecule has 2 amide bonds. The Kier molecular flexibility index (Phi) is 6.71. The standard InChI is InChI=1S/C25H26N6O3S/c1-34-22-12-20(29-19-5-3-2-4-18(19)22)25(33)31-10-7-16(8-11-31)24-30-21(14-35-24)23(32)27-9-6-17-13-26-15-28-17/h2-5,12-16H,6-11H2,1H3,(H,26,28)(H,27,32). The van der Waals surface area contributed by atoms with Gasteiger partial charge in [0.1, 0.15) is 17.1 Å². The number of imidazole rings is 1. The first-order valence-electron chi connectivity index (χ1n) is 11.6. The number of hydrogen-bond acceptors (Lipinski definition) is 7. The van der Waals surface area contributed by atoms with Gasteiger partial charge in [0.05, 0.1) is 24.0 Å². The van der Waals surface area contributed by atoms with Gasteiger partial charge in [-0.2, -0.15) is 0 Å². The Balaban J connectivity index is 1.18. The fourth-order valence-corrected chi connectivity index (χ4v) is 5.29. The Labute approximate surface area is 206 Å². The van der Waals surface area contributed by atoms with Gasteiger partial charge in [-0.1, -0.05) is 12.1 Å². The first kappa shape index (κ1) is 23.0. The van der Waals surface area contributed by atoms with Crippen LogP contribution in [0.25, 0.3) is 10.9 Å². The predicted octanol–water partition coefficient (Wildman–Crippen LogP) is 3.42. The molecule has 2 N–H and O–H groups in total. The Morgan fingerprint density at radius 2 is 2.03 bits per heavy atom. The van der Waals surface area contributed by atoms with Crippen LogP contribution >= 0.6 is 11.3 Å². The van der Waals surface area contributed by atoms with Gasteiger partial charge in [0.25, 0.3) is 11.8 Å². The summed E-state index contributed by atoms with van der Waals surface area (Å²) in [5.74, 6) is 0.613. The second kappa shape index (κ2) is 10.2. The number of benzene rings is 1. The predicted molar refractivity (Wildman–Crippen MR) is 133 cm³/mol. The maximum atomic E-state index is 13.2. The van der Waals surface area contributed by atoms with E-state index in [9.17, 15) is 9.59 Å². The van der Waals surface area contributed by atoms with Crippen molar-refractivity contribution in [2.24, 2.45) is 0 Å². The number of nitrogens with one attached hydrogen (secondary N) is 2. The van der Waals surface area contributed by atoms with Gasteiger partial charge in [-0.15, -0.1) is 11.3 Å². The van der Waals surface area contributed by atoms with Crippen LogP contribution in [0, 0.1) is 0 Å². The maximum absolute atomic E-state index is 13.2. The first-order valence-corrected chi connectivity index (χ1v) is 12.4. The molecule has 9 nitrogen and oxygen atoms in total. The number of ether oxygens (including phenoxy) is 1. The van der Waals surface area contributed by atoms with Crippen LogP contribution in [-0.2, 0) is 6.42 Å². The zero-order valence-electron chi connectivity index (χ0n) is 19.4. The fraction of sp³-hybridized carbons (Fsp3) is 0.320. The second-order valence-corrected chi connectivity index (χ2v) is 9.34. The summed E-state index contributed by atoms with van der Waals surface area (Å²) in [6, 6.07) is 9.36. The average Bonchev–Trinajstić information content (AvgIpc) is 3.60. The smallest absolute Gasteiger partial charge is 0.272 e. The Morgan fingerprint density at radius 1 is 1.20 bits per heavy atom. The van der Waals surface area contributed by atoms with Crippen molar-refractivity contribution in [2.45, 2.75) is 25.2 Å². The largest absolute Gasteiger partial charge is 0.496 e. The summed E-state index contributed by atoms with van der Waals surface area (Å²) in [6.45, 7) is 1.75. The number of amides is 2. The molecule has 5 rings (SSSR count). The molecular weight excluding hydrogens is 464 g/mol. The van der Waals surface area contributed by atoms with Gasteiger partial charge < -0.3 is 19.9 Å². The minimum Gasteiger partial charge on any atom is -0.496 e. The Hall–Kier alpha value is -3.79. The molecule has 0 atom stereocenters. The molecule has 35 heavy (non-hydrogen) atoms. The monoisotopic (exact) mass is 490 g/mol. The molecule has 0 aliphatic carbocycles. The molecule has 0 bridgehead atoms. The summed E-state index contributed by atoms with van der Waals surface area (Å²) in [4.78, 5) is 43.6.